The number of hydrogen-bond acceptors (Lipinski definition) is 4. The zero-order chi connectivity index (χ0) is 9.19. The van der Waals surface area contributed by atoms with E-state index in [0.29, 0.717) is 11.5 Å². The van der Waals surface area contributed by atoms with E-state index in [0.717, 1.165) is 0 Å². The Bertz CT molecular complexity index is 353. The quantitative estimate of drug-likeness (QED) is 0.745. The van der Waals surface area contributed by atoms with Crippen LogP contribution in [0.2, 0.25) is 0 Å². The first-order chi connectivity index (χ1) is 5.47. The van der Waals surface area contributed by atoms with Crippen molar-refractivity contribution in [2.45, 2.75) is 13.5 Å². The summed E-state index contributed by atoms with van der Waals surface area (Å²) in [5.74, 6) is 1.13. The third-order valence-electron chi connectivity index (χ3n) is 1.16. The molecule has 1 heterocycles. The average Bonchev–Trinajstić information content (AvgIpc) is 2.30. The van der Waals surface area contributed by atoms with E-state index in [1.54, 1.807) is 19.1 Å². The molecule has 1 aromatic rings. The molecule has 0 aliphatic rings. The van der Waals surface area contributed by atoms with Crippen molar-refractivity contribution in [1.82, 2.24) is 0 Å². The summed E-state index contributed by atoms with van der Waals surface area (Å²) in [5, 5.41) is 4.60. The minimum atomic E-state index is -3.87. The smallest absolute Gasteiger partial charge is 0.333 e. The molecule has 68 valence electrons. The van der Waals surface area contributed by atoms with E-state index in [1.807, 2.05) is 0 Å². The number of furan rings is 1. The van der Waals surface area contributed by atoms with Crippen LogP contribution in [0.3, 0.4) is 0 Å². The van der Waals surface area contributed by atoms with E-state index in [1.165, 1.54) is 0 Å². The van der Waals surface area contributed by atoms with Gasteiger partial charge in [-0.25, -0.2) is 5.14 Å². The summed E-state index contributed by atoms with van der Waals surface area (Å²) in [5.41, 5.74) is 0. The standard InChI is InChI=1S/C6H9NO4S/c1-5-2-3-6(11-5)4-10-12(7,8)9/h2-3H,4H2,1H3,(H2,7,8,9). The van der Waals surface area contributed by atoms with Crippen LogP contribution in [0.4, 0.5) is 0 Å². The Morgan fingerprint density at radius 2 is 2.25 bits per heavy atom. The van der Waals surface area contributed by atoms with Gasteiger partial charge in [0.1, 0.15) is 18.1 Å². The molecule has 1 aromatic heterocycles. The van der Waals surface area contributed by atoms with Gasteiger partial charge in [-0.3, -0.25) is 4.18 Å². The molecule has 0 unspecified atom stereocenters. The highest BCUT2D eigenvalue weighted by atomic mass is 32.2. The molecule has 0 fully saturated rings. The maximum atomic E-state index is 10.3. The average molecular weight is 191 g/mol. The van der Waals surface area contributed by atoms with Crippen LogP contribution in [0.1, 0.15) is 11.5 Å². The molecule has 0 atom stereocenters. The molecule has 6 heteroatoms. The van der Waals surface area contributed by atoms with Gasteiger partial charge in [-0.1, -0.05) is 0 Å². The highest BCUT2D eigenvalue weighted by Gasteiger charge is 2.05. The molecule has 0 spiro atoms. The maximum absolute atomic E-state index is 10.3. The molecule has 12 heavy (non-hydrogen) atoms. The summed E-state index contributed by atoms with van der Waals surface area (Å²) in [6.45, 7) is 1.59. The van der Waals surface area contributed by atoms with Crippen LogP contribution in [0.25, 0.3) is 0 Å². The van der Waals surface area contributed by atoms with Crippen LogP contribution in [-0.2, 0) is 21.1 Å². The summed E-state index contributed by atoms with van der Waals surface area (Å²) < 4.78 is 30.0. The van der Waals surface area contributed by atoms with Gasteiger partial charge in [-0.05, 0) is 19.1 Å². The van der Waals surface area contributed by atoms with E-state index in [4.69, 9.17) is 4.42 Å². The van der Waals surface area contributed by atoms with Gasteiger partial charge in [0.15, 0.2) is 0 Å². The van der Waals surface area contributed by atoms with Crippen LogP contribution in [0.15, 0.2) is 16.5 Å². The van der Waals surface area contributed by atoms with Gasteiger partial charge in [0.05, 0.1) is 0 Å². The lowest BCUT2D eigenvalue weighted by molar-refractivity contribution is 0.272. The summed E-state index contributed by atoms with van der Waals surface area (Å²) in [6, 6.07) is 3.34. The van der Waals surface area contributed by atoms with Gasteiger partial charge in [0, 0.05) is 0 Å². The van der Waals surface area contributed by atoms with Crippen LogP contribution in [-0.4, -0.2) is 8.42 Å². The van der Waals surface area contributed by atoms with Crippen molar-refractivity contribution >= 4 is 10.3 Å². The SMILES string of the molecule is Cc1ccc(COS(N)(=O)=O)o1. The molecule has 0 aliphatic carbocycles. The molecular weight excluding hydrogens is 182 g/mol. The number of rotatable bonds is 3. The van der Waals surface area contributed by atoms with E-state index in [2.05, 4.69) is 9.32 Å². The Hall–Kier alpha value is -0.850. The van der Waals surface area contributed by atoms with Crippen LogP contribution < -0.4 is 5.14 Å². The van der Waals surface area contributed by atoms with Gasteiger partial charge in [-0.15, -0.1) is 0 Å². The first-order valence-corrected chi connectivity index (χ1v) is 4.67. The topological polar surface area (TPSA) is 82.5 Å². The van der Waals surface area contributed by atoms with Crippen LogP contribution in [0, 0.1) is 6.92 Å². The van der Waals surface area contributed by atoms with E-state index in [-0.39, 0.29) is 6.61 Å². The summed E-state index contributed by atoms with van der Waals surface area (Å²) in [6.07, 6.45) is 0. The molecule has 0 saturated heterocycles. The van der Waals surface area contributed by atoms with Crippen molar-refractivity contribution in [2.24, 2.45) is 5.14 Å². The predicted molar refractivity (Wildman–Crippen MR) is 41.3 cm³/mol. The van der Waals surface area contributed by atoms with Crippen molar-refractivity contribution < 1.29 is 17.0 Å². The lowest BCUT2D eigenvalue weighted by Gasteiger charge is -1.96. The Balaban J connectivity index is 2.55. The molecule has 2 N–H and O–H groups in total. The second-order valence-electron chi connectivity index (χ2n) is 2.27. The highest BCUT2D eigenvalue weighted by molar-refractivity contribution is 7.84. The Labute approximate surface area is 70.4 Å². The second kappa shape index (κ2) is 3.26. The van der Waals surface area contributed by atoms with Gasteiger partial charge >= 0.3 is 10.3 Å². The normalized spacial score (nSPS) is 11.8. The number of nitrogens with two attached hydrogens (primary N) is 1. The maximum Gasteiger partial charge on any atom is 0.333 e. The van der Waals surface area contributed by atoms with Crippen LogP contribution in [0.5, 0.6) is 0 Å². The Kier molecular flexibility index (Phi) is 2.51. The minimum Gasteiger partial charge on any atom is -0.464 e. The fourth-order valence-corrected chi connectivity index (χ4v) is 0.983. The van der Waals surface area contributed by atoms with Crippen molar-refractivity contribution in [1.29, 1.82) is 0 Å². The van der Waals surface area contributed by atoms with Gasteiger partial charge in [0.2, 0.25) is 0 Å². The lowest BCUT2D eigenvalue weighted by Crippen LogP contribution is -2.15. The van der Waals surface area contributed by atoms with E-state index >= 15 is 0 Å². The Morgan fingerprint density at radius 3 is 2.67 bits per heavy atom. The largest absolute Gasteiger partial charge is 0.464 e. The highest BCUT2D eigenvalue weighted by Crippen LogP contribution is 2.07. The first-order valence-electron chi connectivity index (χ1n) is 3.20. The van der Waals surface area contributed by atoms with Crippen LogP contribution >= 0.6 is 0 Å². The molecule has 0 bridgehead atoms. The Morgan fingerprint density at radius 1 is 1.58 bits per heavy atom. The third-order valence-corrected chi connectivity index (χ3v) is 1.61. The fraction of sp³-hybridized carbons (Fsp3) is 0.333. The molecular formula is C6H9NO4S. The summed E-state index contributed by atoms with van der Waals surface area (Å²) in [7, 11) is -3.87. The molecule has 0 aromatic carbocycles. The third kappa shape index (κ3) is 3.04. The first kappa shape index (κ1) is 9.24. The molecule has 0 saturated carbocycles. The van der Waals surface area contributed by atoms with Crippen molar-refractivity contribution in [3.8, 4) is 0 Å². The zero-order valence-corrected chi connectivity index (χ0v) is 7.30. The van der Waals surface area contributed by atoms with Crippen molar-refractivity contribution in [2.75, 3.05) is 0 Å². The summed E-state index contributed by atoms with van der Waals surface area (Å²) >= 11 is 0. The molecule has 0 amide bonds. The molecule has 0 radical (unpaired) electrons. The molecule has 5 nitrogen and oxygen atoms in total. The minimum absolute atomic E-state index is 0.160. The second-order valence-corrected chi connectivity index (χ2v) is 3.49. The van der Waals surface area contributed by atoms with E-state index in [9.17, 15) is 8.42 Å². The van der Waals surface area contributed by atoms with Gasteiger partial charge < -0.3 is 4.42 Å². The fourth-order valence-electron chi connectivity index (χ4n) is 0.703. The summed E-state index contributed by atoms with van der Waals surface area (Å²) in [4.78, 5) is 0. The van der Waals surface area contributed by atoms with Crippen molar-refractivity contribution in [3.63, 3.8) is 0 Å². The van der Waals surface area contributed by atoms with Gasteiger partial charge in [-0.2, -0.15) is 8.42 Å². The van der Waals surface area contributed by atoms with Gasteiger partial charge in [0.25, 0.3) is 0 Å². The lowest BCUT2D eigenvalue weighted by atomic mass is 10.4. The molecule has 1 rings (SSSR count). The number of hydrogen-bond donors (Lipinski definition) is 1. The van der Waals surface area contributed by atoms with E-state index < -0.39 is 10.3 Å². The monoisotopic (exact) mass is 191 g/mol. The number of aryl methyl sites for hydroxylation is 1. The van der Waals surface area contributed by atoms with Crippen molar-refractivity contribution in [3.05, 3.63) is 23.7 Å². The predicted octanol–water partition coefficient (Wildman–Crippen LogP) is 0.308. The zero-order valence-electron chi connectivity index (χ0n) is 6.48. The molecule has 0 aliphatic heterocycles.